The summed E-state index contributed by atoms with van der Waals surface area (Å²) in [6.07, 6.45) is 0.702. The van der Waals surface area contributed by atoms with E-state index in [0.717, 1.165) is 16.0 Å². The fourth-order valence-electron chi connectivity index (χ4n) is 1.51. The highest BCUT2D eigenvalue weighted by atomic mass is 32.1. The van der Waals surface area contributed by atoms with Crippen LogP contribution in [0.2, 0.25) is 0 Å². The first-order valence-corrected chi connectivity index (χ1v) is 5.38. The van der Waals surface area contributed by atoms with Crippen molar-refractivity contribution in [1.29, 1.82) is 0 Å². The van der Waals surface area contributed by atoms with Crippen molar-refractivity contribution >= 4 is 17.6 Å². The molecule has 0 atom stereocenters. The van der Waals surface area contributed by atoms with E-state index in [9.17, 15) is 9.90 Å². The van der Waals surface area contributed by atoms with Crippen molar-refractivity contribution in [3.63, 3.8) is 0 Å². The van der Waals surface area contributed by atoms with Gasteiger partial charge in [0, 0.05) is 4.88 Å². The molecule has 1 aromatic heterocycles. The molecule has 0 aliphatic rings. The minimum atomic E-state index is 0.0985. The molecule has 1 N–H and O–H groups in total. The minimum absolute atomic E-state index is 0.0985. The predicted molar refractivity (Wildman–Crippen MR) is 61.5 cm³/mol. The van der Waals surface area contributed by atoms with Gasteiger partial charge in [0.2, 0.25) is 0 Å². The fraction of sp³-hybridized carbons (Fsp3) is 0.0833. The number of carbonyl (C=O) groups is 1. The van der Waals surface area contributed by atoms with E-state index in [4.69, 9.17) is 0 Å². The molecular weight excluding hydrogens is 208 g/mol. The number of aldehydes is 1. The molecule has 0 bridgehead atoms. The molecular formula is C12H10O2S. The summed E-state index contributed by atoms with van der Waals surface area (Å²) in [5, 5.41) is 9.66. The first kappa shape index (κ1) is 9.93. The number of hydrogen-bond donors (Lipinski definition) is 1. The Kier molecular flexibility index (Phi) is 2.56. The van der Waals surface area contributed by atoms with Crippen LogP contribution in [0.3, 0.4) is 0 Å². The van der Waals surface area contributed by atoms with Gasteiger partial charge in [-0.1, -0.05) is 41.7 Å². The van der Waals surface area contributed by atoms with E-state index in [0.29, 0.717) is 11.8 Å². The molecule has 0 saturated carbocycles. The van der Waals surface area contributed by atoms with Crippen LogP contribution < -0.4 is 0 Å². The van der Waals surface area contributed by atoms with E-state index in [2.05, 4.69) is 0 Å². The number of thiophene rings is 1. The zero-order valence-electron chi connectivity index (χ0n) is 8.23. The van der Waals surface area contributed by atoms with E-state index in [1.54, 1.807) is 0 Å². The monoisotopic (exact) mass is 218 g/mol. The molecule has 0 aliphatic carbocycles. The summed E-state index contributed by atoms with van der Waals surface area (Å²) in [4.78, 5) is 11.7. The Morgan fingerprint density at radius 2 is 1.93 bits per heavy atom. The van der Waals surface area contributed by atoms with Crippen molar-refractivity contribution in [2.24, 2.45) is 0 Å². The van der Waals surface area contributed by atoms with E-state index >= 15 is 0 Å². The lowest BCUT2D eigenvalue weighted by Crippen LogP contribution is -1.81. The summed E-state index contributed by atoms with van der Waals surface area (Å²) in [7, 11) is 0. The Morgan fingerprint density at radius 3 is 2.47 bits per heavy atom. The lowest BCUT2D eigenvalue weighted by Gasteiger charge is -1.98. The van der Waals surface area contributed by atoms with Gasteiger partial charge in [-0.2, -0.15) is 0 Å². The Labute approximate surface area is 91.8 Å². The van der Waals surface area contributed by atoms with Gasteiger partial charge in [0.05, 0.1) is 5.56 Å². The van der Waals surface area contributed by atoms with Gasteiger partial charge in [0.1, 0.15) is 0 Å². The smallest absolute Gasteiger partial charge is 0.182 e. The lowest BCUT2D eigenvalue weighted by molar-refractivity contribution is 0.112. The second-order valence-corrected chi connectivity index (χ2v) is 4.26. The minimum Gasteiger partial charge on any atom is -0.499 e. The average molecular weight is 218 g/mol. The summed E-state index contributed by atoms with van der Waals surface area (Å²) in [6, 6.07) is 9.74. The van der Waals surface area contributed by atoms with Crippen molar-refractivity contribution in [3.05, 3.63) is 41.5 Å². The molecule has 1 heterocycles. The maximum Gasteiger partial charge on any atom is 0.182 e. The highest BCUT2D eigenvalue weighted by molar-refractivity contribution is 7.17. The van der Waals surface area contributed by atoms with Crippen LogP contribution in [0.15, 0.2) is 30.3 Å². The number of rotatable bonds is 2. The van der Waals surface area contributed by atoms with Gasteiger partial charge in [-0.3, -0.25) is 4.79 Å². The molecule has 2 aromatic rings. The Bertz CT molecular complexity index is 486. The zero-order valence-corrected chi connectivity index (χ0v) is 9.04. The largest absolute Gasteiger partial charge is 0.499 e. The van der Waals surface area contributed by atoms with Crippen LogP contribution in [0.5, 0.6) is 5.06 Å². The summed E-state index contributed by atoms with van der Waals surface area (Å²) < 4.78 is 0. The SMILES string of the molecule is Cc1c(-c2ccccc2)sc(O)c1C=O. The molecule has 0 saturated heterocycles. The Hall–Kier alpha value is -1.61. The van der Waals surface area contributed by atoms with Crippen LogP contribution in [-0.2, 0) is 0 Å². The summed E-state index contributed by atoms with van der Waals surface area (Å²) in [6.45, 7) is 1.85. The highest BCUT2D eigenvalue weighted by Gasteiger charge is 2.14. The zero-order chi connectivity index (χ0) is 10.8. The van der Waals surface area contributed by atoms with Crippen LogP contribution in [0, 0.1) is 6.92 Å². The van der Waals surface area contributed by atoms with Gasteiger partial charge in [-0.25, -0.2) is 0 Å². The molecule has 0 unspecified atom stereocenters. The third kappa shape index (κ3) is 1.66. The van der Waals surface area contributed by atoms with Crippen LogP contribution in [-0.4, -0.2) is 11.4 Å². The first-order chi connectivity index (χ1) is 7.24. The van der Waals surface area contributed by atoms with E-state index < -0.39 is 0 Å². The van der Waals surface area contributed by atoms with Crippen molar-refractivity contribution < 1.29 is 9.90 Å². The number of carbonyl (C=O) groups excluding carboxylic acids is 1. The van der Waals surface area contributed by atoms with Gasteiger partial charge in [-0.05, 0) is 18.1 Å². The van der Waals surface area contributed by atoms with E-state index in [-0.39, 0.29) is 5.06 Å². The lowest BCUT2D eigenvalue weighted by atomic mass is 10.1. The molecule has 2 rings (SSSR count). The normalized spacial score (nSPS) is 10.2. The van der Waals surface area contributed by atoms with Crippen LogP contribution in [0.25, 0.3) is 10.4 Å². The molecule has 0 aliphatic heterocycles. The molecule has 0 radical (unpaired) electrons. The van der Waals surface area contributed by atoms with Gasteiger partial charge in [0.25, 0.3) is 0 Å². The first-order valence-electron chi connectivity index (χ1n) is 4.57. The van der Waals surface area contributed by atoms with Gasteiger partial charge in [-0.15, -0.1) is 0 Å². The van der Waals surface area contributed by atoms with Crippen molar-refractivity contribution in [3.8, 4) is 15.5 Å². The van der Waals surface area contributed by atoms with Crippen molar-refractivity contribution in [2.45, 2.75) is 6.92 Å². The van der Waals surface area contributed by atoms with Crippen molar-refractivity contribution in [2.75, 3.05) is 0 Å². The Balaban J connectivity index is 2.60. The fourth-order valence-corrected chi connectivity index (χ4v) is 2.54. The standard InChI is InChI=1S/C12H10O2S/c1-8-10(7-13)12(14)15-11(8)9-5-3-2-4-6-9/h2-7,14H,1H3. The average Bonchev–Trinajstić information content (AvgIpc) is 2.55. The summed E-state index contributed by atoms with van der Waals surface area (Å²) >= 11 is 1.24. The molecule has 2 nitrogen and oxygen atoms in total. The summed E-state index contributed by atoms with van der Waals surface area (Å²) in [5.74, 6) is 0. The molecule has 15 heavy (non-hydrogen) atoms. The maximum atomic E-state index is 10.7. The second kappa shape index (κ2) is 3.87. The number of aromatic hydroxyl groups is 1. The predicted octanol–water partition coefficient (Wildman–Crippen LogP) is 3.24. The maximum absolute atomic E-state index is 10.7. The van der Waals surface area contributed by atoms with E-state index in [1.165, 1.54) is 11.3 Å². The van der Waals surface area contributed by atoms with Gasteiger partial charge < -0.3 is 5.11 Å². The quantitative estimate of drug-likeness (QED) is 0.786. The number of hydrogen-bond acceptors (Lipinski definition) is 3. The number of benzene rings is 1. The van der Waals surface area contributed by atoms with Gasteiger partial charge in [0.15, 0.2) is 11.3 Å². The van der Waals surface area contributed by atoms with Gasteiger partial charge >= 0.3 is 0 Å². The van der Waals surface area contributed by atoms with E-state index in [1.807, 2.05) is 37.3 Å². The summed E-state index contributed by atoms with van der Waals surface area (Å²) in [5.41, 5.74) is 2.28. The molecule has 76 valence electrons. The van der Waals surface area contributed by atoms with Crippen LogP contribution in [0.4, 0.5) is 0 Å². The van der Waals surface area contributed by atoms with Crippen LogP contribution >= 0.6 is 11.3 Å². The Morgan fingerprint density at radius 1 is 1.27 bits per heavy atom. The van der Waals surface area contributed by atoms with Crippen LogP contribution in [0.1, 0.15) is 15.9 Å². The second-order valence-electron chi connectivity index (χ2n) is 3.26. The molecule has 0 spiro atoms. The molecule has 3 heteroatoms. The molecule has 0 fully saturated rings. The van der Waals surface area contributed by atoms with Crippen molar-refractivity contribution in [1.82, 2.24) is 0 Å². The topological polar surface area (TPSA) is 37.3 Å². The highest BCUT2D eigenvalue weighted by Crippen LogP contribution is 2.39. The third-order valence-corrected chi connectivity index (χ3v) is 3.49. The molecule has 0 amide bonds. The third-order valence-electron chi connectivity index (χ3n) is 2.33. The molecule has 1 aromatic carbocycles.